The van der Waals surface area contributed by atoms with Gasteiger partial charge in [0.25, 0.3) is 0 Å². The van der Waals surface area contributed by atoms with Crippen LogP contribution in [0.1, 0.15) is 70.8 Å². The zero-order chi connectivity index (χ0) is 24.3. The Morgan fingerprint density at radius 1 is 0.970 bits per heavy atom. The van der Waals surface area contributed by atoms with E-state index in [0.29, 0.717) is 18.7 Å². The van der Waals surface area contributed by atoms with Crippen molar-refractivity contribution in [2.75, 3.05) is 13.1 Å². The third-order valence-corrected chi connectivity index (χ3v) is 6.29. The van der Waals surface area contributed by atoms with Crippen molar-refractivity contribution in [1.82, 2.24) is 10.2 Å². The van der Waals surface area contributed by atoms with Crippen molar-refractivity contribution in [3.05, 3.63) is 29.8 Å². The first-order chi connectivity index (χ1) is 15.8. The molecule has 2 rings (SSSR count). The van der Waals surface area contributed by atoms with E-state index in [1.54, 1.807) is 12.1 Å². The SMILES string of the molecule is CCCCCCN(CCCCCC)C1=NS(=O)(=O)N=C1N[C@@H](Cc1ccc(O)cc1)C(=O)O. The lowest BCUT2D eigenvalue weighted by molar-refractivity contribution is -0.139. The summed E-state index contributed by atoms with van der Waals surface area (Å²) in [6.07, 6.45) is 8.32. The Morgan fingerprint density at radius 2 is 1.55 bits per heavy atom. The molecule has 9 nitrogen and oxygen atoms in total. The molecule has 0 bridgehead atoms. The average Bonchev–Trinajstić information content (AvgIpc) is 3.07. The molecule has 1 heterocycles. The number of hydrogen-bond donors (Lipinski definition) is 3. The molecule has 33 heavy (non-hydrogen) atoms. The van der Waals surface area contributed by atoms with Gasteiger partial charge in [-0.05, 0) is 30.5 Å². The molecule has 0 saturated carbocycles. The van der Waals surface area contributed by atoms with E-state index < -0.39 is 22.2 Å². The van der Waals surface area contributed by atoms with Gasteiger partial charge in [-0.2, -0.15) is 8.42 Å². The molecular formula is C23H36N4O5S. The topological polar surface area (TPSA) is 132 Å². The van der Waals surface area contributed by atoms with Crippen molar-refractivity contribution in [3.8, 4) is 5.75 Å². The minimum Gasteiger partial charge on any atom is -0.508 e. The molecule has 0 fully saturated rings. The van der Waals surface area contributed by atoms with Crippen LogP contribution >= 0.6 is 0 Å². The van der Waals surface area contributed by atoms with Crippen LogP contribution in [0.3, 0.4) is 0 Å². The fourth-order valence-electron chi connectivity index (χ4n) is 3.64. The maximum absolute atomic E-state index is 12.2. The molecule has 0 amide bonds. The van der Waals surface area contributed by atoms with E-state index in [1.807, 2.05) is 4.90 Å². The van der Waals surface area contributed by atoms with Crippen LogP contribution < -0.4 is 5.32 Å². The van der Waals surface area contributed by atoms with Crippen LogP contribution in [-0.2, 0) is 21.4 Å². The van der Waals surface area contributed by atoms with Gasteiger partial charge in [0.15, 0.2) is 11.7 Å². The van der Waals surface area contributed by atoms with Crippen LogP contribution in [0, 0.1) is 0 Å². The van der Waals surface area contributed by atoms with Crippen molar-refractivity contribution < 1.29 is 23.4 Å². The Hall–Kier alpha value is -2.62. The normalized spacial score (nSPS) is 15.6. The highest BCUT2D eigenvalue weighted by Gasteiger charge is 2.32. The molecule has 10 heteroatoms. The lowest BCUT2D eigenvalue weighted by Gasteiger charge is -2.26. The number of amidine groups is 2. The molecule has 0 saturated heterocycles. The Labute approximate surface area is 196 Å². The molecule has 1 atom stereocenters. The number of carboxylic acid groups (broad SMARTS) is 1. The number of nitrogens with one attached hydrogen (secondary N) is 1. The molecule has 0 spiro atoms. The number of rotatable bonds is 14. The van der Waals surface area contributed by atoms with Gasteiger partial charge < -0.3 is 20.4 Å². The van der Waals surface area contributed by atoms with E-state index in [2.05, 4.69) is 28.0 Å². The summed E-state index contributed by atoms with van der Waals surface area (Å²) < 4.78 is 32.0. The zero-order valence-corrected chi connectivity index (χ0v) is 20.4. The average molecular weight is 481 g/mol. The van der Waals surface area contributed by atoms with Crippen molar-refractivity contribution in [2.45, 2.75) is 77.7 Å². The van der Waals surface area contributed by atoms with Crippen LogP contribution in [0.5, 0.6) is 5.75 Å². The highest BCUT2D eigenvalue weighted by Crippen LogP contribution is 2.15. The Bertz CT molecular complexity index is 917. The monoisotopic (exact) mass is 480 g/mol. The first kappa shape index (κ1) is 26.6. The molecule has 184 valence electrons. The van der Waals surface area contributed by atoms with Gasteiger partial charge >= 0.3 is 16.2 Å². The van der Waals surface area contributed by atoms with E-state index in [9.17, 15) is 23.4 Å². The Morgan fingerprint density at radius 3 is 2.06 bits per heavy atom. The van der Waals surface area contributed by atoms with E-state index in [1.165, 1.54) is 12.1 Å². The summed E-state index contributed by atoms with van der Waals surface area (Å²) in [6, 6.07) is 5.11. The summed E-state index contributed by atoms with van der Waals surface area (Å²) >= 11 is 0. The van der Waals surface area contributed by atoms with Crippen LogP contribution in [0.25, 0.3) is 0 Å². The number of aromatic hydroxyl groups is 1. The second kappa shape index (κ2) is 13.2. The molecule has 1 aromatic rings. The van der Waals surface area contributed by atoms with E-state index in [0.717, 1.165) is 51.4 Å². The fraction of sp³-hybridized carbons (Fsp3) is 0.609. The van der Waals surface area contributed by atoms with E-state index >= 15 is 0 Å². The van der Waals surface area contributed by atoms with Crippen molar-refractivity contribution >= 4 is 27.8 Å². The Balaban J connectivity index is 2.19. The molecule has 3 N–H and O–H groups in total. The Kier molecular flexibility index (Phi) is 10.6. The van der Waals surface area contributed by atoms with Gasteiger partial charge in [-0.1, -0.05) is 64.5 Å². The van der Waals surface area contributed by atoms with Gasteiger partial charge in [0.1, 0.15) is 11.8 Å². The van der Waals surface area contributed by atoms with Crippen LogP contribution in [0.4, 0.5) is 0 Å². The fourth-order valence-corrected chi connectivity index (χ4v) is 4.47. The molecular weight excluding hydrogens is 444 g/mol. The quantitative estimate of drug-likeness (QED) is 0.347. The molecule has 1 aliphatic rings. The first-order valence-electron chi connectivity index (χ1n) is 11.7. The molecule has 0 aromatic heterocycles. The third-order valence-electron chi connectivity index (χ3n) is 5.47. The van der Waals surface area contributed by atoms with Gasteiger partial charge in [-0.3, -0.25) is 0 Å². The molecule has 0 radical (unpaired) electrons. The van der Waals surface area contributed by atoms with Crippen molar-refractivity contribution in [2.24, 2.45) is 8.80 Å². The number of nitrogens with zero attached hydrogens (tertiary/aromatic N) is 3. The summed E-state index contributed by atoms with van der Waals surface area (Å²) in [5.74, 6) is -0.875. The number of carbonyl (C=O) groups is 1. The maximum Gasteiger partial charge on any atom is 0.367 e. The predicted molar refractivity (Wildman–Crippen MR) is 130 cm³/mol. The minimum atomic E-state index is -4.06. The second-order valence-electron chi connectivity index (χ2n) is 8.32. The van der Waals surface area contributed by atoms with E-state index in [4.69, 9.17) is 0 Å². The minimum absolute atomic E-state index is 0.0211. The number of hydrogen-bond acceptors (Lipinski definition) is 6. The number of aliphatic carboxylic acids is 1. The lowest BCUT2D eigenvalue weighted by atomic mass is 10.1. The number of phenolic OH excluding ortho intramolecular Hbond substituents is 1. The van der Waals surface area contributed by atoms with Crippen molar-refractivity contribution in [3.63, 3.8) is 0 Å². The van der Waals surface area contributed by atoms with Crippen LogP contribution in [0.15, 0.2) is 33.1 Å². The first-order valence-corrected chi connectivity index (χ1v) is 13.1. The molecule has 1 aliphatic heterocycles. The van der Waals surface area contributed by atoms with Gasteiger partial charge in [0.2, 0.25) is 0 Å². The summed E-state index contributed by atoms with van der Waals surface area (Å²) in [5, 5.41) is 22.0. The van der Waals surface area contributed by atoms with Gasteiger partial charge in [0, 0.05) is 19.5 Å². The van der Waals surface area contributed by atoms with Crippen molar-refractivity contribution in [1.29, 1.82) is 0 Å². The van der Waals surface area contributed by atoms with E-state index in [-0.39, 0.29) is 23.8 Å². The third kappa shape index (κ3) is 9.03. The van der Waals surface area contributed by atoms with Crippen LogP contribution in [0.2, 0.25) is 0 Å². The summed E-state index contributed by atoms with van der Waals surface area (Å²) in [5.41, 5.74) is 0.684. The maximum atomic E-state index is 12.2. The number of carboxylic acids is 1. The standard InChI is InChI=1S/C23H36N4O5S/c1-3-5-7-9-15-27(16-10-8-6-4-2)22-21(25-33(31,32)26-22)24-20(23(29)30)17-18-11-13-19(28)14-12-18/h11-14,20,28H,3-10,15-17H2,1-2H3,(H,24,25)(H,29,30)/t20-/m0/s1. The highest BCUT2D eigenvalue weighted by atomic mass is 32.2. The number of benzene rings is 1. The second-order valence-corrected chi connectivity index (χ2v) is 9.58. The number of unbranched alkanes of at least 4 members (excludes halogenated alkanes) is 6. The molecule has 0 unspecified atom stereocenters. The summed E-state index contributed by atoms with van der Waals surface area (Å²) in [6.45, 7) is 5.53. The molecule has 1 aromatic carbocycles. The van der Waals surface area contributed by atoms with Gasteiger partial charge in [0.05, 0.1) is 0 Å². The molecule has 0 aliphatic carbocycles. The predicted octanol–water partition coefficient (Wildman–Crippen LogP) is 3.50. The lowest BCUT2D eigenvalue weighted by Crippen LogP contribution is -2.49. The zero-order valence-electron chi connectivity index (χ0n) is 19.5. The summed E-state index contributed by atoms with van der Waals surface area (Å²) in [7, 11) is -4.06. The van der Waals surface area contributed by atoms with Crippen LogP contribution in [-0.4, -0.2) is 60.3 Å². The number of phenols is 1. The van der Waals surface area contributed by atoms with Gasteiger partial charge in [-0.25, -0.2) is 4.79 Å². The van der Waals surface area contributed by atoms with Gasteiger partial charge in [-0.15, -0.1) is 8.80 Å². The summed E-state index contributed by atoms with van der Waals surface area (Å²) in [4.78, 5) is 13.8. The largest absolute Gasteiger partial charge is 0.508 e. The highest BCUT2D eigenvalue weighted by molar-refractivity contribution is 7.89. The smallest absolute Gasteiger partial charge is 0.367 e.